The Kier molecular flexibility index (Phi) is 5.84. The number of carbonyl (C=O) groups is 2. The zero-order chi connectivity index (χ0) is 15.7. The summed E-state index contributed by atoms with van der Waals surface area (Å²) in [4.78, 5) is 27.8. The lowest BCUT2D eigenvalue weighted by Crippen LogP contribution is -2.57. The second-order valence-corrected chi connectivity index (χ2v) is 6.03. The second-order valence-electron chi connectivity index (χ2n) is 5.60. The van der Waals surface area contributed by atoms with E-state index in [1.54, 1.807) is 9.80 Å². The highest BCUT2D eigenvalue weighted by atomic mass is 35.5. The number of hydrogen-bond donors (Lipinski definition) is 1. The molecule has 8 heteroatoms. The third-order valence-corrected chi connectivity index (χ3v) is 4.41. The number of nitrogens with zero attached hydrogens (tertiary/aromatic N) is 2. The van der Waals surface area contributed by atoms with Gasteiger partial charge in [-0.3, -0.25) is 9.59 Å². The van der Waals surface area contributed by atoms with Crippen LogP contribution in [0.2, 0.25) is 5.02 Å². The summed E-state index contributed by atoms with van der Waals surface area (Å²) in [5.74, 6) is -0.761. The zero-order valence-electron chi connectivity index (χ0n) is 12.4. The van der Waals surface area contributed by atoms with Gasteiger partial charge in [-0.15, -0.1) is 12.4 Å². The first kappa shape index (κ1) is 18.0. The predicted octanol–water partition coefficient (Wildman–Crippen LogP) is 1.40. The predicted molar refractivity (Wildman–Crippen MR) is 87.5 cm³/mol. The molecule has 0 saturated carbocycles. The fourth-order valence-corrected chi connectivity index (χ4v) is 2.84. The van der Waals surface area contributed by atoms with E-state index in [2.05, 4.69) is 5.32 Å². The molecule has 2 amide bonds. The Balaban J connectivity index is 0.00000192. The van der Waals surface area contributed by atoms with Crippen molar-refractivity contribution in [3.63, 3.8) is 0 Å². The van der Waals surface area contributed by atoms with Gasteiger partial charge in [0.15, 0.2) is 0 Å². The van der Waals surface area contributed by atoms with Gasteiger partial charge in [0.2, 0.25) is 5.91 Å². The fourth-order valence-electron chi connectivity index (χ4n) is 2.68. The monoisotopic (exact) mass is 361 g/mol. The van der Waals surface area contributed by atoms with Gasteiger partial charge in [-0.05, 0) is 18.2 Å². The number of hydrogen-bond acceptors (Lipinski definition) is 3. The van der Waals surface area contributed by atoms with Crippen LogP contribution in [0.4, 0.5) is 4.39 Å². The second kappa shape index (κ2) is 7.47. The van der Waals surface area contributed by atoms with Crippen molar-refractivity contribution in [1.82, 2.24) is 15.1 Å². The molecule has 0 aromatic heterocycles. The molecular weight excluding hydrogens is 344 g/mol. The minimum Gasteiger partial charge on any atom is -0.339 e. The van der Waals surface area contributed by atoms with Gasteiger partial charge in [-0.25, -0.2) is 4.39 Å². The standard InChI is InChI=1S/C15H17ClFN3O2.ClH/c16-11-1-2-12(13(17)7-11)15(22)20-5-3-19(4-6-20)14(21)10-8-18-9-10;/h1-2,7,10,18H,3-6,8-9H2;1H. The van der Waals surface area contributed by atoms with Crippen LogP contribution < -0.4 is 5.32 Å². The number of piperazine rings is 1. The van der Waals surface area contributed by atoms with Crippen molar-refractivity contribution in [2.24, 2.45) is 5.92 Å². The van der Waals surface area contributed by atoms with E-state index in [4.69, 9.17) is 11.6 Å². The van der Waals surface area contributed by atoms with Crippen LogP contribution in [0.1, 0.15) is 10.4 Å². The average Bonchev–Trinajstić information content (AvgIpc) is 2.45. The van der Waals surface area contributed by atoms with Gasteiger partial charge in [0.1, 0.15) is 5.82 Å². The molecule has 0 bridgehead atoms. The topological polar surface area (TPSA) is 52.7 Å². The minimum atomic E-state index is -0.614. The molecule has 2 aliphatic rings. The Morgan fingerprint density at radius 1 is 1.13 bits per heavy atom. The van der Waals surface area contributed by atoms with E-state index in [0.29, 0.717) is 26.2 Å². The highest BCUT2D eigenvalue weighted by Gasteiger charge is 2.32. The normalized spacial score (nSPS) is 18.2. The van der Waals surface area contributed by atoms with E-state index >= 15 is 0 Å². The summed E-state index contributed by atoms with van der Waals surface area (Å²) in [6.07, 6.45) is 0. The molecule has 1 aromatic carbocycles. The molecule has 0 atom stereocenters. The van der Waals surface area contributed by atoms with Crippen molar-refractivity contribution in [3.05, 3.63) is 34.6 Å². The maximum absolute atomic E-state index is 13.8. The summed E-state index contributed by atoms with van der Waals surface area (Å²) in [7, 11) is 0. The van der Waals surface area contributed by atoms with Gasteiger partial charge >= 0.3 is 0 Å². The van der Waals surface area contributed by atoms with E-state index in [9.17, 15) is 14.0 Å². The smallest absolute Gasteiger partial charge is 0.256 e. The summed E-state index contributed by atoms with van der Waals surface area (Å²) >= 11 is 5.70. The van der Waals surface area contributed by atoms with Crippen molar-refractivity contribution in [3.8, 4) is 0 Å². The van der Waals surface area contributed by atoms with E-state index in [1.165, 1.54) is 12.1 Å². The Morgan fingerprint density at radius 3 is 2.26 bits per heavy atom. The van der Waals surface area contributed by atoms with Crippen LogP contribution in [-0.2, 0) is 4.79 Å². The third kappa shape index (κ3) is 3.76. The highest BCUT2D eigenvalue weighted by Crippen LogP contribution is 2.18. The van der Waals surface area contributed by atoms with E-state index in [-0.39, 0.29) is 40.7 Å². The number of rotatable bonds is 2. The third-order valence-electron chi connectivity index (χ3n) is 4.17. The molecule has 1 N–H and O–H groups in total. The highest BCUT2D eigenvalue weighted by molar-refractivity contribution is 6.30. The first-order valence-corrected chi connectivity index (χ1v) is 7.68. The Labute approximate surface area is 145 Å². The number of amides is 2. The van der Waals surface area contributed by atoms with E-state index in [1.807, 2.05) is 0 Å². The molecule has 2 aliphatic heterocycles. The maximum Gasteiger partial charge on any atom is 0.256 e. The molecule has 0 unspecified atom stereocenters. The lowest BCUT2D eigenvalue weighted by molar-refractivity contribution is -0.138. The van der Waals surface area contributed by atoms with Crippen molar-refractivity contribution in [1.29, 1.82) is 0 Å². The Morgan fingerprint density at radius 2 is 1.74 bits per heavy atom. The molecule has 23 heavy (non-hydrogen) atoms. The molecular formula is C15H18Cl2FN3O2. The lowest BCUT2D eigenvalue weighted by atomic mass is 10.0. The summed E-state index contributed by atoms with van der Waals surface area (Å²) in [5, 5.41) is 3.34. The maximum atomic E-state index is 13.8. The summed E-state index contributed by atoms with van der Waals surface area (Å²) in [5.41, 5.74) is 0.0207. The zero-order valence-corrected chi connectivity index (χ0v) is 14.0. The number of halogens is 3. The molecule has 1 aromatic rings. The van der Waals surface area contributed by atoms with Crippen molar-refractivity contribution in [2.75, 3.05) is 39.3 Å². The number of carbonyl (C=O) groups excluding carboxylic acids is 2. The van der Waals surface area contributed by atoms with Gasteiger partial charge in [0.05, 0.1) is 11.5 Å². The van der Waals surface area contributed by atoms with Crippen LogP contribution in [0.5, 0.6) is 0 Å². The number of nitrogens with one attached hydrogen (secondary N) is 1. The van der Waals surface area contributed by atoms with Crippen molar-refractivity contribution >= 4 is 35.8 Å². The molecule has 2 saturated heterocycles. The lowest BCUT2D eigenvalue weighted by Gasteiger charge is -2.38. The van der Waals surface area contributed by atoms with E-state index < -0.39 is 5.82 Å². The van der Waals surface area contributed by atoms with Gasteiger partial charge in [0, 0.05) is 44.3 Å². The molecule has 0 radical (unpaired) electrons. The van der Waals surface area contributed by atoms with Crippen LogP contribution in [0.3, 0.4) is 0 Å². The van der Waals surface area contributed by atoms with Crippen LogP contribution in [0.25, 0.3) is 0 Å². The van der Waals surface area contributed by atoms with Crippen LogP contribution in [-0.4, -0.2) is 60.9 Å². The molecule has 3 rings (SSSR count). The molecule has 2 heterocycles. The number of benzene rings is 1. The van der Waals surface area contributed by atoms with Gasteiger partial charge in [-0.2, -0.15) is 0 Å². The van der Waals surface area contributed by atoms with Gasteiger partial charge in [-0.1, -0.05) is 11.6 Å². The Bertz CT molecular complexity index is 602. The molecule has 0 spiro atoms. The molecule has 126 valence electrons. The molecule has 5 nitrogen and oxygen atoms in total. The summed E-state index contributed by atoms with van der Waals surface area (Å²) < 4.78 is 13.8. The summed E-state index contributed by atoms with van der Waals surface area (Å²) in [6, 6.07) is 4.04. The summed E-state index contributed by atoms with van der Waals surface area (Å²) in [6.45, 7) is 3.30. The largest absolute Gasteiger partial charge is 0.339 e. The van der Waals surface area contributed by atoms with E-state index in [0.717, 1.165) is 19.2 Å². The quantitative estimate of drug-likeness (QED) is 0.866. The van der Waals surface area contributed by atoms with Crippen molar-refractivity contribution in [2.45, 2.75) is 0 Å². The van der Waals surface area contributed by atoms with Gasteiger partial charge < -0.3 is 15.1 Å². The average molecular weight is 362 g/mol. The molecule has 2 fully saturated rings. The van der Waals surface area contributed by atoms with Crippen LogP contribution >= 0.6 is 24.0 Å². The van der Waals surface area contributed by atoms with Crippen LogP contribution in [0, 0.1) is 11.7 Å². The fraction of sp³-hybridized carbons (Fsp3) is 0.467. The molecule has 0 aliphatic carbocycles. The first-order chi connectivity index (χ1) is 10.6. The van der Waals surface area contributed by atoms with Crippen molar-refractivity contribution < 1.29 is 14.0 Å². The first-order valence-electron chi connectivity index (χ1n) is 7.30. The SMILES string of the molecule is Cl.O=C(c1ccc(Cl)cc1F)N1CCN(C(=O)C2CNC2)CC1. The minimum absolute atomic E-state index is 0. The Hall–Kier alpha value is -1.37. The van der Waals surface area contributed by atoms with Crippen LogP contribution in [0.15, 0.2) is 18.2 Å². The van der Waals surface area contributed by atoms with Gasteiger partial charge in [0.25, 0.3) is 5.91 Å².